The number of aliphatic hydroxyl groups is 1. The van der Waals surface area contributed by atoms with E-state index in [2.05, 4.69) is 0 Å². The summed E-state index contributed by atoms with van der Waals surface area (Å²) in [7, 11) is 0. The molecule has 2 aromatic rings. The number of rotatable bonds is 7. The minimum atomic E-state index is -1.01. The van der Waals surface area contributed by atoms with Crippen molar-refractivity contribution in [3.63, 3.8) is 0 Å². The van der Waals surface area contributed by atoms with Crippen LogP contribution in [0.15, 0.2) is 60.7 Å². The van der Waals surface area contributed by atoms with Crippen molar-refractivity contribution >= 4 is 12.0 Å². The molecule has 1 fully saturated rings. The molecule has 0 bridgehead atoms. The Hall–Kier alpha value is -2.66. The molecular formula is C22H25NO4. The SMILES string of the molecule is CCC[C@@H]1COC(=O)N1C(=O)[C@@H](Cc1ccccc1)[C@H](O)c1ccccc1. The molecule has 142 valence electrons. The Morgan fingerprint density at radius 1 is 1.15 bits per heavy atom. The van der Waals surface area contributed by atoms with E-state index in [9.17, 15) is 14.7 Å². The van der Waals surface area contributed by atoms with Gasteiger partial charge in [-0.25, -0.2) is 9.69 Å². The number of hydrogen-bond donors (Lipinski definition) is 1. The van der Waals surface area contributed by atoms with Gasteiger partial charge < -0.3 is 9.84 Å². The predicted molar refractivity (Wildman–Crippen MR) is 102 cm³/mol. The zero-order valence-corrected chi connectivity index (χ0v) is 15.5. The molecule has 0 saturated carbocycles. The smallest absolute Gasteiger partial charge is 0.416 e. The molecule has 1 saturated heterocycles. The van der Waals surface area contributed by atoms with E-state index in [1.807, 2.05) is 55.5 Å². The van der Waals surface area contributed by atoms with Crippen molar-refractivity contribution in [3.05, 3.63) is 71.8 Å². The van der Waals surface area contributed by atoms with Gasteiger partial charge in [-0.05, 0) is 24.0 Å². The van der Waals surface area contributed by atoms with Crippen LogP contribution in [0.25, 0.3) is 0 Å². The van der Waals surface area contributed by atoms with Crippen molar-refractivity contribution in [2.24, 2.45) is 5.92 Å². The second-order valence-electron chi connectivity index (χ2n) is 6.88. The monoisotopic (exact) mass is 367 g/mol. The first-order valence-corrected chi connectivity index (χ1v) is 9.38. The molecule has 3 atom stereocenters. The molecule has 0 unspecified atom stereocenters. The van der Waals surface area contributed by atoms with Gasteiger partial charge in [0.15, 0.2) is 0 Å². The number of ether oxygens (including phenoxy) is 1. The first-order valence-electron chi connectivity index (χ1n) is 9.38. The van der Waals surface area contributed by atoms with Gasteiger partial charge in [0.2, 0.25) is 5.91 Å². The lowest BCUT2D eigenvalue weighted by atomic mass is 9.88. The molecule has 0 aliphatic carbocycles. The predicted octanol–water partition coefficient (Wildman–Crippen LogP) is 3.73. The van der Waals surface area contributed by atoms with Crippen LogP contribution >= 0.6 is 0 Å². The Balaban J connectivity index is 1.90. The molecule has 1 N–H and O–H groups in total. The summed E-state index contributed by atoms with van der Waals surface area (Å²) in [6, 6.07) is 18.4. The Kier molecular flexibility index (Phi) is 6.24. The molecule has 5 heteroatoms. The van der Waals surface area contributed by atoms with Crippen molar-refractivity contribution < 1.29 is 19.4 Å². The second kappa shape index (κ2) is 8.82. The number of benzene rings is 2. The lowest BCUT2D eigenvalue weighted by Gasteiger charge is -2.28. The average molecular weight is 367 g/mol. The summed E-state index contributed by atoms with van der Waals surface area (Å²) in [5.74, 6) is -1.14. The summed E-state index contributed by atoms with van der Waals surface area (Å²) < 4.78 is 5.12. The average Bonchev–Trinajstić information content (AvgIpc) is 3.07. The van der Waals surface area contributed by atoms with Crippen LogP contribution in [0, 0.1) is 5.92 Å². The molecule has 2 amide bonds. The van der Waals surface area contributed by atoms with Crippen LogP contribution in [0.2, 0.25) is 0 Å². The maximum Gasteiger partial charge on any atom is 0.416 e. The molecule has 0 aromatic heterocycles. The number of carbonyl (C=O) groups is 2. The molecule has 2 aromatic carbocycles. The standard InChI is InChI=1S/C22H25NO4/c1-2-9-18-15-27-22(26)23(18)21(25)19(14-16-10-5-3-6-11-16)20(24)17-12-7-4-8-13-17/h3-8,10-13,18-20,24H,2,9,14-15H2,1H3/t18-,19+,20-/m1/s1. The zero-order valence-electron chi connectivity index (χ0n) is 15.5. The Bertz CT molecular complexity index is 762. The van der Waals surface area contributed by atoms with E-state index in [-0.39, 0.29) is 18.6 Å². The van der Waals surface area contributed by atoms with Crippen LogP contribution < -0.4 is 0 Å². The van der Waals surface area contributed by atoms with Gasteiger partial charge in [-0.1, -0.05) is 74.0 Å². The fraction of sp³-hybridized carbons (Fsp3) is 0.364. The molecule has 0 spiro atoms. The molecule has 3 rings (SSSR count). The van der Waals surface area contributed by atoms with Gasteiger partial charge in [0.25, 0.3) is 0 Å². The van der Waals surface area contributed by atoms with Gasteiger partial charge in [-0.3, -0.25) is 4.79 Å². The van der Waals surface area contributed by atoms with E-state index in [0.717, 1.165) is 12.0 Å². The van der Waals surface area contributed by atoms with Crippen LogP contribution in [0.5, 0.6) is 0 Å². The molecule has 1 heterocycles. The number of imide groups is 1. The summed E-state index contributed by atoms with van der Waals surface area (Å²) in [5, 5.41) is 11.0. The molecular weight excluding hydrogens is 342 g/mol. The number of carbonyl (C=O) groups excluding carboxylic acids is 2. The topological polar surface area (TPSA) is 66.8 Å². The van der Waals surface area contributed by atoms with E-state index in [1.54, 1.807) is 12.1 Å². The normalized spacial score (nSPS) is 18.8. The van der Waals surface area contributed by atoms with E-state index >= 15 is 0 Å². The van der Waals surface area contributed by atoms with Crippen molar-refractivity contribution in [1.82, 2.24) is 4.90 Å². The quantitative estimate of drug-likeness (QED) is 0.810. The minimum absolute atomic E-state index is 0.220. The summed E-state index contributed by atoms with van der Waals surface area (Å²) >= 11 is 0. The highest BCUT2D eigenvalue weighted by Gasteiger charge is 2.42. The van der Waals surface area contributed by atoms with Crippen molar-refractivity contribution in [1.29, 1.82) is 0 Å². The van der Waals surface area contributed by atoms with E-state index in [0.29, 0.717) is 18.4 Å². The second-order valence-corrected chi connectivity index (χ2v) is 6.88. The molecule has 0 radical (unpaired) electrons. The fourth-order valence-corrected chi connectivity index (χ4v) is 3.54. The van der Waals surface area contributed by atoms with Crippen LogP contribution in [0.4, 0.5) is 4.79 Å². The van der Waals surface area contributed by atoms with Gasteiger partial charge in [0, 0.05) is 0 Å². The molecule has 1 aliphatic rings. The van der Waals surface area contributed by atoms with Gasteiger partial charge in [0.05, 0.1) is 18.1 Å². The van der Waals surface area contributed by atoms with E-state index in [1.165, 1.54) is 4.90 Å². The van der Waals surface area contributed by atoms with Crippen LogP contribution in [0.1, 0.15) is 37.0 Å². The Morgan fingerprint density at radius 3 is 2.41 bits per heavy atom. The summed E-state index contributed by atoms with van der Waals surface area (Å²) in [6.45, 7) is 2.23. The fourth-order valence-electron chi connectivity index (χ4n) is 3.54. The molecule has 1 aliphatic heterocycles. The maximum absolute atomic E-state index is 13.3. The van der Waals surface area contributed by atoms with Gasteiger partial charge in [0.1, 0.15) is 6.61 Å². The largest absolute Gasteiger partial charge is 0.447 e. The van der Waals surface area contributed by atoms with E-state index < -0.39 is 18.1 Å². The summed E-state index contributed by atoms with van der Waals surface area (Å²) in [5.41, 5.74) is 1.59. The minimum Gasteiger partial charge on any atom is -0.447 e. The number of cyclic esters (lactones) is 1. The first kappa shape index (κ1) is 19.1. The van der Waals surface area contributed by atoms with Crippen molar-refractivity contribution in [2.45, 2.75) is 38.3 Å². The Morgan fingerprint density at radius 2 is 1.78 bits per heavy atom. The summed E-state index contributed by atoms with van der Waals surface area (Å²) in [4.78, 5) is 26.8. The summed E-state index contributed by atoms with van der Waals surface area (Å²) in [6.07, 6.45) is 0.261. The number of nitrogens with zero attached hydrogens (tertiary/aromatic N) is 1. The highest BCUT2D eigenvalue weighted by Crippen LogP contribution is 2.30. The first-order chi connectivity index (χ1) is 13.1. The lowest BCUT2D eigenvalue weighted by Crippen LogP contribution is -2.44. The maximum atomic E-state index is 13.3. The third kappa shape index (κ3) is 4.37. The number of amides is 2. The third-order valence-electron chi connectivity index (χ3n) is 4.96. The van der Waals surface area contributed by atoms with E-state index in [4.69, 9.17) is 4.74 Å². The lowest BCUT2D eigenvalue weighted by molar-refractivity contribution is -0.137. The highest BCUT2D eigenvalue weighted by molar-refractivity contribution is 5.95. The van der Waals surface area contributed by atoms with Gasteiger partial charge in [-0.15, -0.1) is 0 Å². The molecule has 5 nitrogen and oxygen atoms in total. The van der Waals surface area contributed by atoms with Crippen LogP contribution in [0.3, 0.4) is 0 Å². The van der Waals surface area contributed by atoms with Crippen molar-refractivity contribution in [2.75, 3.05) is 6.61 Å². The number of aliphatic hydroxyl groups excluding tert-OH is 1. The Labute approximate surface area is 159 Å². The molecule has 27 heavy (non-hydrogen) atoms. The van der Waals surface area contributed by atoms with Crippen LogP contribution in [-0.2, 0) is 16.0 Å². The number of hydrogen-bond acceptors (Lipinski definition) is 4. The van der Waals surface area contributed by atoms with Gasteiger partial charge >= 0.3 is 6.09 Å². The van der Waals surface area contributed by atoms with Crippen LogP contribution in [-0.4, -0.2) is 34.7 Å². The van der Waals surface area contributed by atoms with Crippen molar-refractivity contribution in [3.8, 4) is 0 Å². The highest BCUT2D eigenvalue weighted by atomic mass is 16.6. The third-order valence-corrected chi connectivity index (χ3v) is 4.96. The van der Waals surface area contributed by atoms with Gasteiger partial charge in [-0.2, -0.15) is 0 Å². The zero-order chi connectivity index (χ0) is 19.2.